The van der Waals surface area contributed by atoms with Gasteiger partial charge in [0.1, 0.15) is 5.75 Å². The third-order valence-electron chi connectivity index (χ3n) is 3.67. The summed E-state index contributed by atoms with van der Waals surface area (Å²) in [7, 11) is 0. The van der Waals surface area contributed by atoms with Gasteiger partial charge in [0.15, 0.2) is 0 Å². The molecule has 0 aliphatic heterocycles. The average Bonchev–Trinajstić information content (AvgIpc) is 2.79. The normalized spacial score (nSPS) is 12.9. The van der Waals surface area contributed by atoms with Crippen LogP contribution in [-0.2, 0) is 5.41 Å². The molecular formula is C14H16F3NOS. The molecule has 0 fully saturated rings. The zero-order valence-electron chi connectivity index (χ0n) is 11.5. The lowest BCUT2D eigenvalue weighted by Gasteiger charge is -2.23. The highest BCUT2D eigenvalue weighted by Crippen LogP contribution is 2.37. The van der Waals surface area contributed by atoms with E-state index < -0.39 is 6.36 Å². The number of hydrogen-bond acceptors (Lipinski definition) is 3. The van der Waals surface area contributed by atoms with Crippen molar-refractivity contribution in [2.24, 2.45) is 0 Å². The van der Waals surface area contributed by atoms with Gasteiger partial charge in [0, 0.05) is 5.41 Å². The second kappa shape index (κ2) is 5.24. The number of fused-ring (bicyclic) bond motifs is 1. The number of hydrogen-bond donors (Lipinski definition) is 0. The average molecular weight is 303 g/mol. The Hall–Kier alpha value is -1.30. The zero-order chi connectivity index (χ0) is 15.0. The van der Waals surface area contributed by atoms with Crippen LogP contribution >= 0.6 is 11.3 Å². The first-order valence-electron chi connectivity index (χ1n) is 6.44. The molecule has 2 nitrogen and oxygen atoms in total. The van der Waals surface area contributed by atoms with Gasteiger partial charge in [-0.05, 0) is 31.0 Å². The number of nitrogens with zero attached hydrogens (tertiary/aromatic N) is 1. The van der Waals surface area contributed by atoms with Gasteiger partial charge >= 0.3 is 6.36 Å². The van der Waals surface area contributed by atoms with Crippen LogP contribution in [0.4, 0.5) is 13.2 Å². The van der Waals surface area contributed by atoms with Crippen LogP contribution in [0, 0.1) is 0 Å². The third-order valence-corrected chi connectivity index (χ3v) is 4.99. The molecule has 0 unspecified atom stereocenters. The Balaban J connectivity index is 2.40. The Morgan fingerprint density at radius 3 is 2.40 bits per heavy atom. The van der Waals surface area contributed by atoms with Crippen LogP contribution < -0.4 is 4.74 Å². The predicted molar refractivity (Wildman–Crippen MR) is 74.2 cm³/mol. The van der Waals surface area contributed by atoms with Crippen LogP contribution in [0.15, 0.2) is 18.2 Å². The van der Waals surface area contributed by atoms with Gasteiger partial charge < -0.3 is 4.74 Å². The molecule has 0 spiro atoms. The van der Waals surface area contributed by atoms with Crippen molar-refractivity contribution in [1.82, 2.24) is 4.98 Å². The summed E-state index contributed by atoms with van der Waals surface area (Å²) in [6.45, 7) is 6.30. The molecule has 1 aromatic carbocycles. The maximum Gasteiger partial charge on any atom is 0.573 e. The van der Waals surface area contributed by atoms with E-state index in [1.807, 2.05) is 0 Å². The number of rotatable bonds is 4. The van der Waals surface area contributed by atoms with Crippen LogP contribution in [0.25, 0.3) is 10.2 Å². The van der Waals surface area contributed by atoms with E-state index in [1.165, 1.54) is 23.5 Å². The molecule has 20 heavy (non-hydrogen) atoms. The number of halogens is 3. The largest absolute Gasteiger partial charge is 0.573 e. The smallest absolute Gasteiger partial charge is 0.406 e. The standard InChI is InChI=1S/C14H16F3NOS/c1-4-13(3,5-2)12-18-10-7-6-9(8-11(10)20-12)19-14(15,16)17/h6-8H,4-5H2,1-3H3. The Bertz CT molecular complexity index is 602. The lowest BCUT2D eigenvalue weighted by atomic mass is 9.85. The fraction of sp³-hybridized carbons (Fsp3) is 0.500. The van der Waals surface area contributed by atoms with Gasteiger partial charge in [-0.25, -0.2) is 4.98 Å². The summed E-state index contributed by atoms with van der Waals surface area (Å²) in [6.07, 6.45) is -2.78. The van der Waals surface area contributed by atoms with Crippen molar-refractivity contribution >= 4 is 21.6 Å². The molecule has 0 aliphatic rings. The summed E-state index contributed by atoms with van der Waals surface area (Å²) in [5.41, 5.74) is 0.682. The van der Waals surface area contributed by atoms with E-state index in [0.717, 1.165) is 22.5 Å². The number of aromatic nitrogens is 1. The van der Waals surface area contributed by atoms with E-state index in [1.54, 1.807) is 6.07 Å². The van der Waals surface area contributed by atoms with E-state index in [-0.39, 0.29) is 11.2 Å². The number of ether oxygens (including phenoxy) is 1. The first-order valence-corrected chi connectivity index (χ1v) is 7.26. The molecule has 0 aliphatic carbocycles. The van der Waals surface area contributed by atoms with Crippen molar-refractivity contribution in [2.45, 2.75) is 45.4 Å². The second-order valence-electron chi connectivity index (χ2n) is 4.96. The van der Waals surface area contributed by atoms with E-state index in [2.05, 4.69) is 30.5 Å². The van der Waals surface area contributed by atoms with Crippen LogP contribution in [0.3, 0.4) is 0 Å². The van der Waals surface area contributed by atoms with Gasteiger partial charge in [-0.1, -0.05) is 20.8 Å². The zero-order valence-corrected chi connectivity index (χ0v) is 12.4. The number of thiazole rings is 1. The van der Waals surface area contributed by atoms with E-state index >= 15 is 0 Å². The van der Waals surface area contributed by atoms with E-state index in [4.69, 9.17) is 0 Å². The van der Waals surface area contributed by atoms with Gasteiger partial charge in [0.05, 0.1) is 15.2 Å². The lowest BCUT2D eigenvalue weighted by molar-refractivity contribution is -0.274. The molecule has 0 amide bonds. The minimum atomic E-state index is -4.66. The SMILES string of the molecule is CCC(C)(CC)c1nc2ccc(OC(F)(F)F)cc2s1. The fourth-order valence-electron chi connectivity index (χ4n) is 1.91. The van der Waals surface area contributed by atoms with Crippen molar-refractivity contribution in [2.75, 3.05) is 0 Å². The second-order valence-corrected chi connectivity index (χ2v) is 5.99. The van der Waals surface area contributed by atoms with Crippen LogP contribution in [0.1, 0.15) is 38.6 Å². The molecule has 2 aromatic rings. The summed E-state index contributed by atoms with van der Waals surface area (Å²) in [5, 5.41) is 0.960. The van der Waals surface area contributed by atoms with E-state index in [9.17, 15) is 13.2 Å². The number of alkyl halides is 3. The van der Waals surface area contributed by atoms with Gasteiger partial charge in [-0.15, -0.1) is 24.5 Å². The minimum Gasteiger partial charge on any atom is -0.406 e. The van der Waals surface area contributed by atoms with Gasteiger partial charge in [0.2, 0.25) is 0 Å². The molecule has 0 N–H and O–H groups in total. The highest BCUT2D eigenvalue weighted by molar-refractivity contribution is 7.18. The molecule has 0 radical (unpaired) electrons. The monoisotopic (exact) mass is 303 g/mol. The highest BCUT2D eigenvalue weighted by atomic mass is 32.1. The molecule has 110 valence electrons. The summed E-state index contributed by atoms with van der Waals surface area (Å²) < 4.78 is 41.3. The Labute approximate surface area is 119 Å². The highest BCUT2D eigenvalue weighted by Gasteiger charge is 2.31. The van der Waals surface area contributed by atoms with Crippen molar-refractivity contribution in [3.63, 3.8) is 0 Å². The molecule has 1 heterocycles. The van der Waals surface area contributed by atoms with Crippen LogP contribution in [-0.4, -0.2) is 11.3 Å². The number of benzene rings is 1. The minimum absolute atomic E-state index is 0.0330. The van der Waals surface area contributed by atoms with Crippen molar-refractivity contribution in [3.8, 4) is 5.75 Å². The summed E-state index contributed by atoms with van der Waals surface area (Å²) in [6, 6.07) is 4.27. The predicted octanol–water partition coefficient (Wildman–Crippen LogP) is 5.27. The van der Waals surface area contributed by atoms with Gasteiger partial charge in [0.25, 0.3) is 0 Å². The lowest BCUT2D eigenvalue weighted by Crippen LogP contribution is -2.18. The Morgan fingerprint density at radius 1 is 1.20 bits per heavy atom. The topological polar surface area (TPSA) is 22.1 Å². The summed E-state index contributed by atoms with van der Waals surface area (Å²) in [4.78, 5) is 4.55. The van der Waals surface area contributed by atoms with E-state index in [0.29, 0.717) is 5.52 Å². The maximum atomic E-state index is 12.2. The summed E-state index contributed by atoms with van der Waals surface area (Å²) >= 11 is 1.44. The first kappa shape index (κ1) is 15.1. The molecule has 0 bridgehead atoms. The van der Waals surface area contributed by atoms with Crippen molar-refractivity contribution in [3.05, 3.63) is 23.2 Å². The van der Waals surface area contributed by atoms with Crippen LogP contribution in [0.5, 0.6) is 5.75 Å². The maximum absolute atomic E-state index is 12.2. The molecule has 1 aromatic heterocycles. The van der Waals surface area contributed by atoms with Gasteiger partial charge in [-0.3, -0.25) is 0 Å². The first-order chi connectivity index (χ1) is 9.27. The van der Waals surface area contributed by atoms with Gasteiger partial charge in [-0.2, -0.15) is 0 Å². The third kappa shape index (κ3) is 3.06. The Kier molecular flexibility index (Phi) is 3.95. The molecule has 6 heteroatoms. The van der Waals surface area contributed by atoms with Crippen molar-refractivity contribution < 1.29 is 17.9 Å². The molecule has 0 saturated heterocycles. The quantitative estimate of drug-likeness (QED) is 0.767. The molecule has 0 saturated carbocycles. The van der Waals surface area contributed by atoms with Crippen LogP contribution in [0.2, 0.25) is 0 Å². The fourth-order valence-corrected chi connectivity index (χ4v) is 3.19. The molecule has 2 rings (SSSR count). The molecular weight excluding hydrogens is 287 g/mol. The van der Waals surface area contributed by atoms with Crippen molar-refractivity contribution in [1.29, 1.82) is 0 Å². The Morgan fingerprint density at radius 2 is 1.85 bits per heavy atom. The molecule has 0 atom stereocenters. The summed E-state index contributed by atoms with van der Waals surface area (Å²) in [5.74, 6) is -0.199.